The van der Waals surface area contributed by atoms with Crippen LogP contribution in [-0.4, -0.2) is 0 Å². The van der Waals surface area contributed by atoms with Gasteiger partial charge in [0.1, 0.15) is 0 Å². The molecule has 0 heteroatoms. The van der Waals surface area contributed by atoms with Gasteiger partial charge < -0.3 is 0 Å². The van der Waals surface area contributed by atoms with E-state index in [2.05, 4.69) is 50.2 Å². The largest absolute Gasteiger partial charge is 0.0776 e. The average molecular weight is 204 g/mol. The van der Waals surface area contributed by atoms with Crippen molar-refractivity contribution in [2.75, 3.05) is 0 Å². The van der Waals surface area contributed by atoms with E-state index in [-0.39, 0.29) is 22.3 Å². The first kappa shape index (κ1) is 16.1. The first-order valence-electron chi connectivity index (χ1n) is 4.23. The first-order chi connectivity index (χ1) is 5.75. The van der Waals surface area contributed by atoms with Crippen molar-refractivity contribution in [3.63, 3.8) is 0 Å². The minimum Gasteiger partial charge on any atom is -0.0776 e. The van der Waals surface area contributed by atoms with Crippen molar-refractivity contribution in [1.82, 2.24) is 0 Å². The third-order valence-corrected chi connectivity index (χ3v) is 2.15. The number of fused-ring (bicyclic) bond motifs is 1. The molecule has 0 saturated heterocycles. The van der Waals surface area contributed by atoms with Crippen LogP contribution in [0.1, 0.15) is 33.4 Å². The lowest BCUT2D eigenvalue weighted by molar-refractivity contribution is 1.47. The molecule has 0 unspecified atom stereocenters. The highest BCUT2D eigenvalue weighted by Gasteiger charge is 1.92. The second-order valence-corrected chi connectivity index (χ2v) is 3.35. The van der Waals surface area contributed by atoms with E-state index in [1.165, 1.54) is 21.9 Å². The number of aryl methyl sites for hydroxylation is 2. The highest BCUT2D eigenvalue weighted by atomic mass is 14.0. The Morgan fingerprint density at radius 1 is 0.600 bits per heavy atom. The molecule has 2 aromatic carbocycles. The minimum atomic E-state index is 0. The highest BCUT2D eigenvalue weighted by Crippen LogP contribution is 2.16. The van der Waals surface area contributed by atoms with Gasteiger partial charge in [-0.2, -0.15) is 0 Å². The second-order valence-electron chi connectivity index (χ2n) is 3.35. The highest BCUT2D eigenvalue weighted by molar-refractivity contribution is 5.83. The van der Waals surface area contributed by atoms with E-state index in [9.17, 15) is 0 Å². The monoisotopic (exact) mass is 204 g/mol. The quantitative estimate of drug-likeness (QED) is 0.541. The second kappa shape index (κ2) is 6.23. The van der Waals surface area contributed by atoms with Gasteiger partial charge >= 0.3 is 0 Å². The molecule has 0 atom stereocenters. The minimum absolute atomic E-state index is 0. The van der Waals surface area contributed by atoms with Gasteiger partial charge in [-0.3, -0.25) is 0 Å². The van der Waals surface area contributed by atoms with E-state index in [0.29, 0.717) is 0 Å². The molecule has 0 aliphatic heterocycles. The van der Waals surface area contributed by atoms with E-state index >= 15 is 0 Å². The predicted molar refractivity (Wildman–Crippen MR) is 73.6 cm³/mol. The lowest BCUT2D eigenvalue weighted by atomic mass is 10.1. The van der Waals surface area contributed by atoms with Crippen LogP contribution in [0, 0.1) is 13.8 Å². The molecular weight excluding hydrogens is 180 g/mol. The number of hydrogen-bond donors (Lipinski definition) is 0. The fraction of sp³-hybridized carbons (Fsp3) is 0.333. The molecule has 0 aliphatic carbocycles. The zero-order valence-corrected chi connectivity index (χ0v) is 7.46. The number of benzene rings is 2. The molecule has 0 heterocycles. The van der Waals surface area contributed by atoms with E-state index in [1.54, 1.807) is 0 Å². The van der Waals surface area contributed by atoms with Crippen LogP contribution in [-0.2, 0) is 0 Å². The zero-order chi connectivity index (χ0) is 8.55. The maximum Gasteiger partial charge on any atom is -0.0179 e. The molecule has 0 saturated carbocycles. The molecule has 0 amide bonds. The topological polar surface area (TPSA) is 0 Å². The smallest absolute Gasteiger partial charge is 0.0179 e. The van der Waals surface area contributed by atoms with Gasteiger partial charge in [0, 0.05) is 0 Å². The lowest BCUT2D eigenvalue weighted by Crippen LogP contribution is -1.76. The maximum atomic E-state index is 2.22. The van der Waals surface area contributed by atoms with Crippen molar-refractivity contribution in [1.29, 1.82) is 0 Å². The predicted octanol–water partition coefficient (Wildman–Crippen LogP) is 5.36. The van der Waals surface area contributed by atoms with Crippen molar-refractivity contribution in [2.24, 2.45) is 0 Å². The van der Waals surface area contributed by atoms with E-state index in [0.717, 1.165) is 0 Å². The van der Waals surface area contributed by atoms with Gasteiger partial charge in [-0.05, 0) is 24.6 Å². The summed E-state index contributed by atoms with van der Waals surface area (Å²) in [6.45, 7) is 4.25. The summed E-state index contributed by atoms with van der Waals surface area (Å²) in [5.74, 6) is 0. The Morgan fingerprint density at radius 3 is 1.40 bits per heavy atom. The molecule has 0 radical (unpaired) electrons. The van der Waals surface area contributed by atoms with Gasteiger partial charge in [0.2, 0.25) is 0 Å². The van der Waals surface area contributed by atoms with E-state index in [4.69, 9.17) is 0 Å². The maximum absolute atomic E-state index is 2.22. The Labute approximate surface area is 95.0 Å². The molecular formula is C15H24. The van der Waals surface area contributed by atoms with Crippen LogP contribution in [0.4, 0.5) is 0 Å². The van der Waals surface area contributed by atoms with Crippen LogP contribution in [0.5, 0.6) is 0 Å². The summed E-state index contributed by atoms with van der Waals surface area (Å²) in [6, 6.07) is 13.1. The molecule has 84 valence electrons. The van der Waals surface area contributed by atoms with Crippen LogP contribution in [0.3, 0.4) is 0 Å². The molecule has 0 spiro atoms. The molecule has 0 aromatic heterocycles. The molecule has 0 N–H and O–H groups in total. The number of hydrogen-bond acceptors (Lipinski definition) is 0. The van der Waals surface area contributed by atoms with Crippen LogP contribution in [0.2, 0.25) is 0 Å². The Bertz CT molecular complexity index is 377. The molecule has 0 nitrogen and oxygen atoms in total. The third-order valence-electron chi connectivity index (χ3n) is 2.15. The van der Waals surface area contributed by atoms with Crippen molar-refractivity contribution >= 4 is 10.8 Å². The normalized spacial score (nSPS) is 8.40. The Balaban J connectivity index is 0. The zero-order valence-electron chi connectivity index (χ0n) is 7.46. The summed E-state index contributed by atoms with van der Waals surface area (Å²) in [5, 5.41) is 2.67. The standard InChI is InChI=1S/C12H12.3CH4/c1-9-3-5-11-6-4-10(2)8-12(11)7-9;;;/h3-8H,1-2H3;3*1H4. The number of rotatable bonds is 0. The van der Waals surface area contributed by atoms with Crippen LogP contribution in [0.25, 0.3) is 10.8 Å². The van der Waals surface area contributed by atoms with Crippen LogP contribution in [0.15, 0.2) is 36.4 Å². The fourth-order valence-corrected chi connectivity index (χ4v) is 1.49. The van der Waals surface area contributed by atoms with Crippen LogP contribution >= 0.6 is 0 Å². The van der Waals surface area contributed by atoms with Gasteiger partial charge in [0.05, 0.1) is 0 Å². The average Bonchev–Trinajstić information content (AvgIpc) is 2.03. The van der Waals surface area contributed by atoms with Gasteiger partial charge in [0.15, 0.2) is 0 Å². The molecule has 2 rings (SSSR count). The summed E-state index contributed by atoms with van der Waals surface area (Å²) in [4.78, 5) is 0. The Morgan fingerprint density at radius 2 is 1.00 bits per heavy atom. The van der Waals surface area contributed by atoms with Crippen LogP contribution < -0.4 is 0 Å². The summed E-state index contributed by atoms with van der Waals surface area (Å²) >= 11 is 0. The Hall–Kier alpha value is -1.30. The van der Waals surface area contributed by atoms with E-state index < -0.39 is 0 Å². The van der Waals surface area contributed by atoms with Gasteiger partial charge in [-0.15, -0.1) is 0 Å². The molecule has 15 heavy (non-hydrogen) atoms. The molecule has 2 aromatic rings. The van der Waals surface area contributed by atoms with Crippen molar-refractivity contribution in [3.8, 4) is 0 Å². The Kier molecular flexibility index (Phi) is 6.71. The van der Waals surface area contributed by atoms with Gasteiger partial charge in [-0.25, -0.2) is 0 Å². The van der Waals surface area contributed by atoms with Crippen molar-refractivity contribution < 1.29 is 0 Å². The summed E-state index contributed by atoms with van der Waals surface area (Å²) in [6.07, 6.45) is 0. The summed E-state index contributed by atoms with van der Waals surface area (Å²) < 4.78 is 0. The van der Waals surface area contributed by atoms with E-state index in [1.807, 2.05) is 0 Å². The third kappa shape index (κ3) is 3.39. The van der Waals surface area contributed by atoms with Crippen molar-refractivity contribution in [2.45, 2.75) is 36.1 Å². The molecule has 0 fully saturated rings. The summed E-state index contributed by atoms with van der Waals surface area (Å²) in [7, 11) is 0. The SMILES string of the molecule is C.C.C.Cc1ccc2ccc(C)cc2c1. The fourth-order valence-electron chi connectivity index (χ4n) is 1.49. The molecule has 0 aliphatic rings. The van der Waals surface area contributed by atoms with Gasteiger partial charge in [-0.1, -0.05) is 69.8 Å². The molecule has 0 bridgehead atoms. The first-order valence-corrected chi connectivity index (χ1v) is 4.23. The summed E-state index contributed by atoms with van der Waals surface area (Å²) in [5.41, 5.74) is 2.65. The van der Waals surface area contributed by atoms with Crippen molar-refractivity contribution in [3.05, 3.63) is 47.5 Å². The van der Waals surface area contributed by atoms with Gasteiger partial charge in [0.25, 0.3) is 0 Å². The lowest BCUT2D eigenvalue weighted by Gasteiger charge is -1.99.